The molecular formula is C22H23F3N2O3S. The fourth-order valence-electron chi connectivity index (χ4n) is 4.53. The average molecular weight is 452 g/mol. The van der Waals surface area contributed by atoms with Gasteiger partial charge in [-0.2, -0.15) is 13.2 Å². The van der Waals surface area contributed by atoms with E-state index in [2.05, 4.69) is 4.90 Å². The minimum atomic E-state index is -4.38. The summed E-state index contributed by atoms with van der Waals surface area (Å²) in [5.74, 6) is 0.0101. The first kappa shape index (κ1) is 21.8. The van der Waals surface area contributed by atoms with Gasteiger partial charge >= 0.3 is 6.18 Å². The maximum atomic E-state index is 13.0. The molecule has 2 fully saturated rings. The van der Waals surface area contributed by atoms with Crippen molar-refractivity contribution in [1.82, 2.24) is 9.80 Å². The minimum absolute atomic E-state index is 0.00730. The number of amides is 1. The van der Waals surface area contributed by atoms with Crippen LogP contribution in [0, 0.1) is 0 Å². The summed E-state index contributed by atoms with van der Waals surface area (Å²) in [6.45, 7) is 1.47. The molecule has 2 heterocycles. The van der Waals surface area contributed by atoms with Crippen LogP contribution in [0.3, 0.4) is 0 Å². The Morgan fingerprint density at radius 1 is 1.00 bits per heavy atom. The highest BCUT2D eigenvalue weighted by Crippen LogP contribution is 2.35. The van der Waals surface area contributed by atoms with Crippen LogP contribution in [-0.4, -0.2) is 49.0 Å². The number of sulfone groups is 1. The van der Waals surface area contributed by atoms with E-state index >= 15 is 0 Å². The Kier molecular flexibility index (Phi) is 5.59. The second-order valence-corrected chi connectivity index (χ2v) is 10.2. The summed E-state index contributed by atoms with van der Waals surface area (Å²) < 4.78 is 62.2. The second kappa shape index (κ2) is 7.94. The van der Waals surface area contributed by atoms with Gasteiger partial charge in [-0.25, -0.2) is 8.42 Å². The molecule has 2 saturated heterocycles. The van der Waals surface area contributed by atoms with Gasteiger partial charge in [0.2, 0.25) is 5.91 Å². The molecule has 0 bridgehead atoms. The van der Waals surface area contributed by atoms with E-state index in [-0.39, 0.29) is 22.9 Å². The summed E-state index contributed by atoms with van der Waals surface area (Å²) in [5.41, 5.74) is 0.762. The molecule has 166 valence electrons. The lowest BCUT2D eigenvalue weighted by Gasteiger charge is -2.26. The van der Waals surface area contributed by atoms with Gasteiger partial charge in [-0.1, -0.05) is 30.3 Å². The Labute approximate surface area is 179 Å². The predicted molar refractivity (Wildman–Crippen MR) is 109 cm³/mol. The van der Waals surface area contributed by atoms with Crippen molar-refractivity contribution in [3.8, 4) is 0 Å². The lowest BCUT2D eigenvalue weighted by Crippen LogP contribution is -2.36. The third-order valence-electron chi connectivity index (χ3n) is 6.07. The van der Waals surface area contributed by atoms with Crippen molar-refractivity contribution in [2.24, 2.45) is 0 Å². The van der Waals surface area contributed by atoms with Crippen LogP contribution in [0.5, 0.6) is 0 Å². The molecule has 0 spiro atoms. The molecule has 1 amide bonds. The Morgan fingerprint density at radius 3 is 2.35 bits per heavy atom. The largest absolute Gasteiger partial charge is 0.416 e. The summed E-state index contributed by atoms with van der Waals surface area (Å²) >= 11 is 0. The number of alkyl halides is 3. The van der Waals surface area contributed by atoms with Crippen LogP contribution in [0.1, 0.15) is 29.5 Å². The molecule has 0 aliphatic carbocycles. The molecule has 0 aromatic heterocycles. The standard InChI is InChI=1S/C22H23F3N2O3S/c1-31(29,30)18-7-5-15(6-8-18)14-27-19-9-10-26(20(19)12-21(27)28)13-16-3-2-4-17(11-16)22(23,24)25/h2-8,11,19-20H,9-10,12-14H2,1H3/t19-,20-/m0/s1. The highest BCUT2D eigenvalue weighted by Gasteiger charge is 2.46. The maximum absolute atomic E-state index is 13.0. The van der Waals surface area contributed by atoms with Gasteiger partial charge in [0.25, 0.3) is 0 Å². The first-order valence-corrected chi connectivity index (χ1v) is 11.9. The Morgan fingerprint density at radius 2 is 1.71 bits per heavy atom. The number of hydrogen-bond acceptors (Lipinski definition) is 4. The van der Waals surface area contributed by atoms with Crippen molar-refractivity contribution in [3.05, 3.63) is 65.2 Å². The van der Waals surface area contributed by atoms with Crippen LogP contribution < -0.4 is 0 Å². The third-order valence-corrected chi connectivity index (χ3v) is 7.20. The number of benzene rings is 2. The average Bonchev–Trinajstić information content (AvgIpc) is 3.21. The Balaban J connectivity index is 1.45. The van der Waals surface area contributed by atoms with Gasteiger partial charge in [0.1, 0.15) is 0 Å². The number of fused-ring (bicyclic) bond motifs is 1. The highest BCUT2D eigenvalue weighted by atomic mass is 32.2. The number of nitrogens with zero attached hydrogens (tertiary/aromatic N) is 2. The molecule has 31 heavy (non-hydrogen) atoms. The van der Waals surface area contributed by atoms with Crippen molar-refractivity contribution >= 4 is 15.7 Å². The fraction of sp³-hybridized carbons (Fsp3) is 0.409. The summed E-state index contributed by atoms with van der Waals surface area (Å²) in [4.78, 5) is 16.8. The van der Waals surface area contributed by atoms with Crippen molar-refractivity contribution in [2.45, 2.75) is 49.1 Å². The summed E-state index contributed by atoms with van der Waals surface area (Å²) in [7, 11) is -3.28. The van der Waals surface area contributed by atoms with Gasteiger partial charge in [0.15, 0.2) is 9.84 Å². The summed E-state index contributed by atoms with van der Waals surface area (Å²) in [6.07, 6.45) is -2.13. The normalized spacial score (nSPS) is 22.2. The monoisotopic (exact) mass is 452 g/mol. The van der Waals surface area contributed by atoms with E-state index in [1.807, 2.05) is 4.90 Å². The maximum Gasteiger partial charge on any atom is 0.416 e. The van der Waals surface area contributed by atoms with E-state index in [1.165, 1.54) is 24.3 Å². The van der Waals surface area contributed by atoms with Crippen molar-refractivity contribution in [2.75, 3.05) is 12.8 Å². The SMILES string of the molecule is CS(=O)(=O)c1ccc(CN2C(=O)C[C@H]3[C@@H]2CCN3Cc2cccc(C(F)(F)F)c2)cc1. The lowest BCUT2D eigenvalue weighted by molar-refractivity contribution is -0.137. The van der Waals surface area contributed by atoms with E-state index in [9.17, 15) is 26.4 Å². The molecule has 2 aliphatic rings. The molecule has 0 radical (unpaired) electrons. The molecule has 2 aromatic rings. The first-order chi connectivity index (χ1) is 14.5. The third kappa shape index (κ3) is 4.62. The molecule has 2 aliphatic heterocycles. The molecule has 0 saturated carbocycles. The Bertz CT molecular complexity index is 1080. The van der Waals surface area contributed by atoms with E-state index < -0.39 is 21.6 Å². The molecule has 9 heteroatoms. The minimum Gasteiger partial charge on any atom is -0.334 e. The molecule has 2 atom stereocenters. The number of halogens is 3. The summed E-state index contributed by atoms with van der Waals surface area (Å²) in [6, 6.07) is 11.8. The number of rotatable bonds is 5. The number of likely N-dealkylation sites (tertiary alicyclic amines) is 2. The van der Waals surface area contributed by atoms with Gasteiger partial charge < -0.3 is 4.90 Å². The van der Waals surface area contributed by atoms with Crippen LogP contribution in [0.4, 0.5) is 13.2 Å². The van der Waals surface area contributed by atoms with Crippen LogP contribution in [0.25, 0.3) is 0 Å². The van der Waals surface area contributed by atoms with Crippen molar-refractivity contribution in [3.63, 3.8) is 0 Å². The van der Waals surface area contributed by atoms with Gasteiger partial charge in [-0.3, -0.25) is 9.69 Å². The van der Waals surface area contributed by atoms with Crippen LogP contribution >= 0.6 is 0 Å². The van der Waals surface area contributed by atoms with Crippen LogP contribution in [0.15, 0.2) is 53.4 Å². The van der Waals surface area contributed by atoms with Crippen LogP contribution in [0.2, 0.25) is 0 Å². The van der Waals surface area contributed by atoms with Crippen molar-refractivity contribution in [1.29, 1.82) is 0 Å². The number of hydrogen-bond donors (Lipinski definition) is 0. The smallest absolute Gasteiger partial charge is 0.334 e. The van der Waals surface area contributed by atoms with E-state index in [1.54, 1.807) is 18.2 Å². The number of carbonyl (C=O) groups is 1. The van der Waals surface area contributed by atoms with E-state index in [4.69, 9.17) is 0 Å². The zero-order valence-corrected chi connectivity index (χ0v) is 17.8. The van der Waals surface area contributed by atoms with Gasteiger partial charge in [-0.15, -0.1) is 0 Å². The molecule has 2 aromatic carbocycles. The van der Waals surface area contributed by atoms with E-state index in [0.717, 1.165) is 24.3 Å². The van der Waals surface area contributed by atoms with Gasteiger partial charge in [-0.05, 0) is 35.7 Å². The van der Waals surface area contributed by atoms with Crippen molar-refractivity contribution < 1.29 is 26.4 Å². The molecule has 0 unspecified atom stereocenters. The molecule has 5 nitrogen and oxygen atoms in total. The highest BCUT2D eigenvalue weighted by molar-refractivity contribution is 7.90. The molecular weight excluding hydrogens is 429 g/mol. The topological polar surface area (TPSA) is 57.7 Å². The second-order valence-electron chi connectivity index (χ2n) is 8.23. The predicted octanol–water partition coefficient (Wildman–Crippen LogP) is 3.48. The molecule has 0 N–H and O–H groups in total. The van der Waals surface area contributed by atoms with Crippen LogP contribution in [-0.2, 0) is 33.9 Å². The van der Waals surface area contributed by atoms with Gasteiger partial charge in [0.05, 0.1) is 10.5 Å². The Hall–Kier alpha value is -2.39. The zero-order chi connectivity index (χ0) is 22.4. The number of carbonyl (C=O) groups excluding carboxylic acids is 1. The first-order valence-electron chi connectivity index (χ1n) is 10.0. The lowest BCUT2D eigenvalue weighted by atomic mass is 10.1. The van der Waals surface area contributed by atoms with Gasteiger partial charge in [0, 0.05) is 44.4 Å². The quantitative estimate of drug-likeness (QED) is 0.697. The molecule has 4 rings (SSSR count). The van der Waals surface area contributed by atoms with E-state index in [0.29, 0.717) is 31.6 Å². The summed E-state index contributed by atoms with van der Waals surface area (Å²) in [5, 5.41) is 0. The zero-order valence-electron chi connectivity index (χ0n) is 17.0. The fourth-order valence-corrected chi connectivity index (χ4v) is 5.16.